The molecular formula is C15H17BrN2O. The third-order valence-electron chi connectivity index (χ3n) is 2.98. The number of pyridine rings is 1. The van der Waals surface area contributed by atoms with Gasteiger partial charge in [-0.25, -0.2) is 0 Å². The lowest BCUT2D eigenvalue weighted by atomic mass is 10.1. The van der Waals surface area contributed by atoms with Gasteiger partial charge in [-0.3, -0.25) is 4.98 Å². The molecule has 2 aromatic rings. The third-order valence-corrected chi connectivity index (χ3v) is 3.47. The molecule has 0 saturated carbocycles. The van der Waals surface area contributed by atoms with Crippen molar-refractivity contribution in [3.63, 3.8) is 0 Å². The van der Waals surface area contributed by atoms with E-state index in [0.717, 1.165) is 21.4 Å². The van der Waals surface area contributed by atoms with E-state index in [9.17, 15) is 5.11 Å². The number of rotatable bonds is 4. The molecular weight excluding hydrogens is 304 g/mol. The second kappa shape index (κ2) is 6.17. The maximum atomic E-state index is 9.85. The molecule has 1 aromatic heterocycles. The molecule has 1 N–H and O–H groups in total. The standard InChI is InChI=1S/C15H17BrN2O/c1-11(19)14-7-6-12(16)9-15(14)18(2)10-13-5-3-4-8-17-13/h3-9,11,19H,10H2,1-2H3. The number of aliphatic hydroxyl groups excluding tert-OH is 1. The third kappa shape index (κ3) is 3.55. The summed E-state index contributed by atoms with van der Waals surface area (Å²) in [5.74, 6) is 0. The van der Waals surface area contributed by atoms with Crippen LogP contribution in [0.1, 0.15) is 24.3 Å². The topological polar surface area (TPSA) is 36.4 Å². The minimum Gasteiger partial charge on any atom is -0.389 e. The second-order valence-corrected chi connectivity index (χ2v) is 5.47. The Morgan fingerprint density at radius 3 is 2.74 bits per heavy atom. The molecule has 0 amide bonds. The van der Waals surface area contributed by atoms with E-state index in [0.29, 0.717) is 6.54 Å². The number of aromatic nitrogens is 1. The van der Waals surface area contributed by atoms with Crippen LogP contribution in [-0.4, -0.2) is 17.1 Å². The molecule has 1 aromatic carbocycles. The molecule has 4 heteroatoms. The maximum absolute atomic E-state index is 9.85. The Hall–Kier alpha value is -1.39. The predicted octanol–water partition coefficient (Wildman–Crippen LogP) is 3.53. The summed E-state index contributed by atoms with van der Waals surface area (Å²) < 4.78 is 1.000. The first-order valence-corrected chi connectivity index (χ1v) is 6.96. The second-order valence-electron chi connectivity index (χ2n) is 4.56. The van der Waals surface area contributed by atoms with E-state index in [4.69, 9.17) is 0 Å². The summed E-state index contributed by atoms with van der Waals surface area (Å²) in [7, 11) is 2.00. The van der Waals surface area contributed by atoms with Crippen LogP contribution in [-0.2, 0) is 6.54 Å². The average molecular weight is 321 g/mol. The molecule has 0 fully saturated rings. The van der Waals surface area contributed by atoms with E-state index in [-0.39, 0.29) is 0 Å². The van der Waals surface area contributed by atoms with Gasteiger partial charge in [0.05, 0.1) is 18.3 Å². The summed E-state index contributed by atoms with van der Waals surface area (Å²) in [5.41, 5.74) is 2.93. The zero-order chi connectivity index (χ0) is 13.8. The van der Waals surface area contributed by atoms with Gasteiger partial charge in [0.1, 0.15) is 0 Å². The Morgan fingerprint density at radius 1 is 1.32 bits per heavy atom. The van der Waals surface area contributed by atoms with Gasteiger partial charge in [-0.15, -0.1) is 0 Å². The van der Waals surface area contributed by atoms with Crippen molar-refractivity contribution in [2.24, 2.45) is 0 Å². The average Bonchev–Trinajstić information content (AvgIpc) is 2.39. The molecule has 0 saturated heterocycles. The largest absolute Gasteiger partial charge is 0.389 e. The van der Waals surface area contributed by atoms with Gasteiger partial charge in [-0.1, -0.05) is 28.1 Å². The lowest BCUT2D eigenvalue weighted by Crippen LogP contribution is -2.19. The molecule has 1 atom stereocenters. The highest BCUT2D eigenvalue weighted by Crippen LogP contribution is 2.29. The molecule has 0 radical (unpaired) electrons. The highest BCUT2D eigenvalue weighted by atomic mass is 79.9. The molecule has 3 nitrogen and oxygen atoms in total. The summed E-state index contributed by atoms with van der Waals surface area (Å²) in [4.78, 5) is 6.42. The first kappa shape index (κ1) is 14.0. The van der Waals surface area contributed by atoms with Crippen LogP contribution in [0.2, 0.25) is 0 Å². The summed E-state index contributed by atoms with van der Waals surface area (Å²) in [6.45, 7) is 2.48. The Balaban J connectivity index is 2.27. The Kier molecular flexibility index (Phi) is 4.56. The van der Waals surface area contributed by atoms with Gasteiger partial charge >= 0.3 is 0 Å². The molecule has 100 valence electrons. The Bertz CT molecular complexity index is 543. The first-order valence-electron chi connectivity index (χ1n) is 6.16. The van der Waals surface area contributed by atoms with Crippen LogP contribution >= 0.6 is 15.9 Å². The number of aliphatic hydroxyl groups is 1. The van der Waals surface area contributed by atoms with Gasteiger partial charge in [-0.2, -0.15) is 0 Å². The lowest BCUT2D eigenvalue weighted by Gasteiger charge is -2.23. The lowest BCUT2D eigenvalue weighted by molar-refractivity contribution is 0.199. The van der Waals surface area contributed by atoms with Gasteiger partial charge in [0.15, 0.2) is 0 Å². The summed E-state index contributed by atoms with van der Waals surface area (Å²) in [6, 6.07) is 11.8. The maximum Gasteiger partial charge on any atom is 0.0782 e. The molecule has 19 heavy (non-hydrogen) atoms. The van der Waals surface area contributed by atoms with Gasteiger partial charge in [-0.05, 0) is 31.2 Å². The number of nitrogens with zero attached hydrogens (tertiary/aromatic N) is 2. The monoisotopic (exact) mass is 320 g/mol. The van der Waals surface area contributed by atoms with Gasteiger partial charge in [0, 0.05) is 29.0 Å². The summed E-state index contributed by atoms with van der Waals surface area (Å²) in [6.07, 6.45) is 1.30. The van der Waals surface area contributed by atoms with Crippen molar-refractivity contribution in [2.45, 2.75) is 19.6 Å². The van der Waals surface area contributed by atoms with E-state index in [1.807, 2.05) is 43.4 Å². The molecule has 0 aliphatic rings. The van der Waals surface area contributed by atoms with Crippen LogP contribution in [0.25, 0.3) is 0 Å². The van der Waals surface area contributed by atoms with Gasteiger partial charge in [0.25, 0.3) is 0 Å². The fourth-order valence-corrected chi connectivity index (χ4v) is 2.37. The van der Waals surface area contributed by atoms with E-state index < -0.39 is 6.10 Å². The van der Waals surface area contributed by atoms with Crippen LogP contribution < -0.4 is 4.90 Å². The van der Waals surface area contributed by atoms with E-state index in [2.05, 4.69) is 25.8 Å². The van der Waals surface area contributed by atoms with Crippen LogP contribution in [0, 0.1) is 0 Å². The minimum atomic E-state index is -0.491. The van der Waals surface area contributed by atoms with Gasteiger partial charge in [0.2, 0.25) is 0 Å². The minimum absolute atomic E-state index is 0.491. The zero-order valence-electron chi connectivity index (χ0n) is 11.0. The summed E-state index contributed by atoms with van der Waals surface area (Å²) in [5, 5.41) is 9.85. The van der Waals surface area contributed by atoms with Crippen molar-refractivity contribution in [1.29, 1.82) is 0 Å². The molecule has 0 aliphatic heterocycles. The highest BCUT2D eigenvalue weighted by molar-refractivity contribution is 9.10. The fraction of sp³-hybridized carbons (Fsp3) is 0.267. The van der Waals surface area contributed by atoms with E-state index in [1.54, 1.807) is 13.1 Å². The van der Waals surface area contributed by atoms with Crippen LogP contribution in [0.4, 0.5) is 5.69 Å². The fourth-order valence-electron chi connectivity index (χ4n) is 2.02. The van der Waals surface area contributed by atoms with Crippen molar-refractivity contribution in [1.82, 2.24) is 4.98 Å². The smallest absolute Gasteiger partial charge is 0.0782 e. The molecule has 0 bridgehead atoms. The summed E-state index contributed by atoms with van der Waals surface area (Å²) >= 11 is 3.48. The van der Waals surface area contributed by atoms with Gasteiger partial charge < -0.3 is 10.0 Å². The molecule has 2 rings (SSSR count). The van der Waals surface area contributed by atoms with Crippen molar-refractivity contribution in [2.75, 3.05) is 11.9 Å². The van der Waals surface area contributed by atoms with E-state index in [1.165, 1.54) is 0 Å². The number of hydrogen-bond donors (Lipinski definition) is 1. The van der Waals surface area contributed by atoms with Crippen molar-refractivity contribution in [3.05, 3.63) is 58.3 Å². The van der Waals surface area contributed by atoms with Crippen molar-refractivity contribution >= 4 is 21.6 Å². The van der Waals surface area contributed by atoms with Crippen LogP contribution in [0.5, 0.6) is 0 Å². The Labute approximate surface area is 122 Å². The quantitative estimate of drug-likeness (QED) is 0.936. The predicted molar refractivity (Wildman–Crippen MR) is 81.1 cm³/mol. The number of anilines is 1. The SMILES string of the molecule is CC(O)c1ccc(Br)cc1N(C)Cc1ccccn1. The molecule has 0 spiro atoms. The van der Waals surface area contributed by atoms with Crippen LogP contribution in [0.3, 0.4) is 0 Å². The number of benzene rings is 1. The molecule has 1 heterocycles. The van der Waals surface area contributed by atoms with Crippen molar-refractivity contribution < 1.29 is 5.11 Å². The van der Waals surface area contributed by atoms with Crippen molar-refractivity contribution in [3.8, 4) is 0 Å². The normalized spacial score (nSPS) is 12.2. The number of hydrogen-bond acceptors (Lipinski definition) is 3. The molecule has 1 unspecified atom stereocenters. The van der Waals surface area contributed by atoms with Crippen LogP contribution in [0.15, 0.2) is 47.1 Å². The highest BCUT2D eigenvalue weighted by Gasteiger charge is 2.12. The number of halogens is 1. The molecule has 0 aliphatic carbocycles. The first-order chi connectivity index (χ1) is 9.08. The zero-order valence-corrected chi connectivity index (χ0v) is 12.6. The van der Waals surface area contributed by atoms with E-state index >= 15 is 0 Å². The Morgan fingerprint density at radius 2 is 2.11 bits per heavy atom.